The van der Waals surface area contributed by atoms with Crippen molar-refractivity contribution < 1.29 is 266 Å². The zero-order chi connectivity index (χ0) is 97.3. The van der Waals surface area contributed by atoms with Crippen LogP contribution in [0.2, 0.25) is 0 Å². The van der Waals surface area contributed by atoms with Gasteiger partial charge in [-0.15, -0.1) is 0 Å². The summed E-state index contributed by atoms with van der Waals surface area (Å²) in [5, 5.41) is 38.6. The molecule has 9 aromatic heterocycles. The zero-order valence-electron chi connectivity index (χ0n) is 79.5. The number of aromatic nitrogens is 12. The van der Waals surface area contributed by atoms with E-state index in [4.69, 9.17) is 73.3 Å². The number of anilines is 3. The molecule has 15 heterocycles. The summed E-state index contributed by atoms with van der Waals surface area (Å²) in [6.45, 7) is 23.9. The fourth-order valence-corrected chi connectivity index (χ4v) is 17.5. The second-order valence-corrected chi connectivity index (χ2v) is 38.9. The van der Waals surface area contributed by atoms with Crippen molar-refractivity contribution in [3.05, 3.63) is 135 Å². The summed E-state index contributed by atoms with van der Waals surface area (Å²) in [6, 6.07) is 3.71. The molecule has 9 aromatic rings. The minimum Gasteiger partial charge on any atom is -1.00 e. The van der Waals surface area contributed by atoms with E-state index >= 15 is 0 Å². The molecule has 3 amide bonds. The third-order valence-corrected chi connectivity index (χ3v) is 25.5. The number of carbonyl (C=O) groups excluding carboxylic acids is 6. The first-order chi connectivity index (χ1) is 64.1. The predicted molar refractivity (Wildman–Crippen MR) is 467 cm³/mol. The van der Waals surface area contributed by atoms with Gasteiger partial charge in [0.1, 0.15) is 78.4 Å². The first kappa shape index (κ1) is 107. The molecule has 3 spiro atoms. The molecular weight excluding hydrogens is 2070 g/mol. The van der Waals surface area contributed by atoms with E-state index in [0.717, 1.165) is 82.3 Å². The standard InChI is InChI=1S/C27H33FN6O6.C20H19FN6O3.C18H18FN5O4.C9H17NO3.C5H8O3S.C5H8O2S.CH3F.CH2O3.2Cs.H/c1-6-37-24(35)19-11-30-34-13-20-22(31-21(19)34)33(16(2)14-38-20)12-17-9-18(28)10-29-23(17)39-15-27(7-8-27)32-25(36)40-26(3,4)5;1-11-9-29-15-8-27-16-14(6-23-27)18(28)25-20(2-3-20)10-30-19-12(4-13(21)5-22-19)7-26(11)17(15)24-16;1-3-27-18(26)13-6-21-24-8-14-16(22-15(13)24)23(10(2)9-28-14)7-11-4-12(19)5-20-17(11)25;1-8(2,3)13-7(12)10-9(6-11)4-5-9;6-9(7)4-5(1-2-5)3-8-9;6-8-4-5(1-2-5)3-7-8;1-2;2-1-4-3;;;/h9-11,13,16H,6-8,12,14-15H2,1-5H3,(H,32,36);4-6,8,11H,2-3,7,9-10H2,1H3,(H,25,28);4-6,8,10H,3,7,9H2,1-2H3,(H,20,25);11H,4-6H2,1-3H3,(H,10,12);1-4H2;1-4H2;1H3;1,3H;;;/q;;;;;;;;2*+1;-1/p-1/t16-;11-;10-;;;;;;;;/m111......../s1/i;;;;;;1D;;;;. The van der Waals surface area contributed by atoms with Gasteiger partial charge in [-0.3, -0.25) is 27.1 Å². The van der Waals surface area contributed by atoms with Crippen LogP contribution in [0.4, 0.5) is 44.6 Å². The Hall–Kier alpha value is -8.31. The fourth-order valence-electron chi connectivity index (χ4n) is 14.5. The molecule has 5 saturated carbocycles. The van der Waals surface area contributed by atoms with Crippen LogP contribution in [0.1, 0.15) is 191 Å². The van der Waals surface area contributed by atoms with Gasteiger partial charge < -0.3 is 94.9 Å². The third kappa shape index (κ3) is 27.9. The van der Waals surface area contributed by atoms with E-state index in [1.54, 1.807) is 57.7 Å². The largest absolute Gasteiger partial charge is 1.00 e. The monoisotopic (exact) mass is 2180 g/mol. The summed E-state index contributed by atoms with van der Waals surface area (Å²) < 4.78 is 153. The molecule has 5 N–H and O–H groups in total. The molecule has 5 aliphatic carbocycles. The smallest absolute Gasteiger partial charge is 1.00 e. The Morgan fingerprint density at radius 2 is 1.16 bits per heavy atom. The van der Waals surface area contributed by atoms with Crippen molar-refractivity contribution in [1.29, 1.82) is 0 Å². The van der Waals surface area contributed by atoms with Gasteiger partial charge in [-0.2, -0.15) is 23.7 Å². The van der Waals surface area contributed by atoms with Gasteiger partial charge in [0.05, 0.1) is 157 Å². The van der Waals surface area contributed by atoms with Crippen molar-refractivity contribution in [2.75, 3.05) is 99.4 Å². The molecule has 50 heteroatoms. The number of aliphatic hydroxyl groups is 1. The molecule has 728 valence electrons. The van der Waals surface area contributed by atoms with Crippen LogP contribution in [0.5, 0.6) is 29.0 Å². The summed E-state index contributed by atoms with van der Waals surface area (Å²) in [6.07, 6.45) is 20.9. The number of hydrogen-bond acceptors (Lipinski definition) is 35. The number of rotatable bonds is 15. The maximum absolute atomic E-state index is 14.4. The number of H-pyrrole nitrogens is 1. The molecule has 0 aromatic carbocycles. The number of nitrogens with one attached hydrogen (secondary N) is 4. The van der Waals surface area contributed by atoms with Crippen molar-refractivity contribution in [2.45, 2.75) is 206 Å². The van der Waals surface area contributed by atoms with Gasteiger partial charge in [0.2, 0.25) is 11.8 Å². The summed E-state index contributed by atoms with van der Waals surface area (Å²) >= 11 is -0.930. The predicted octanol–water partition coefficient (Wildman–Crippen LogP) is 1.65. The van der Waals surface area contributed by atoms with E-state index in [0.29, 0.717) is 113 Å². The van der Waals surface area contributed by atoms with Gasteiger partial charge in [-0.25, -0.2) is 75.0 Å². The number of alkyl halides is 1. The maximum Gasteiger partial charge on any atom is 1.00 e. The topological polar surface area (TPSA) is 503 Å². The van der Waals surface area contributed by atoms with Crippen molar-refractivity contribution in [2.24, 2.45) is 10.8 Å². The Kier molecular flexibility index (Phi) is 35.7. The Labute approximate surface area is 902 Å². The minimum absolute atomic E-state index is 0. The maximum atomic E-state index is 14.4. The Morgan fingerprint density at radius 3 is 1.63 bits per heavy atom. The molecule has 4 atom stereocenters. The molecule has 2 saturated heterocycles. The molecule has 11 aliphatic rings. The quantitative estimate of drug-likeness (QED) is 0.0185. The summed E-state index contributed by atoms with van der Waals surface area (Å²) in [5.74, 6) is 1.86. The van der Waals surface area contributed by atoms with Crippen LogP contribution >= 0.6 is 0 Å². The molecule has 2 bridgehead atoms. The summed E-state index contributed by atoms with van der Waals surface area (Å²) in [5.41, 5.74) is 0.883. The average molecular weight is 2180 g/mol. The van der Waals surface area contributed by atoms with Gasteiger partial charge in [0.15, 0.2) is 62.7 Å². The number of fused-ring (bicyclic) bond motifs is 5. The molecule has 7 fully saturated rings. The Bertz CT molecular complexity index is 6060. The zero-order valence-corrected chi connectivity index (χ0v) is 91.7. The van der Waals surface area contributed by atoms with Crippen LogP contribution in [-0.4, -0.2) is 244 Å². The molecule has 20 rings (SSSR count). The van der Waals surface area contributed by atoms with Gasteiger partial charge in [-0.1, -0.05) is 0 Å². The van der Waals surface area contributed by atoms with Gasteiger partial charge in [0, 0.05) is 33.7 Å². The van der Waals surface area contributed by atoms with E-state index in [1.807, 2.05) is 56.2 Å². The summed E-state index contributed by atoms with van der Waals surface area (Å²) in [4.78, 5) is 115. The summed E-state index contributed by atoms with van der Waals surface area (Å²) in [7, 11) is -4.09. The first-order valence-electron chi connectivity index (χ1n) is 43.8. The number of aromatic amines is 1. The number of hydrogen-bond donors (Lipinski definition) is 5. The first-order valence-corrected chi connectivity index (χ1v) is 45.9. The average Bonchev–Trinajstić information content (AvgIpc) is 1.56. The van der Waals surface area contributed by atoms with Gasteiger partial charge in [0.25, 0.3) is 28.1 Å². The normalized spacial score (nSPS) is 20.1. The number of amides is 3. The SMILES string of the molecule is CC(C)(C)OC(=O)NC1(CO)CC1.CCOC(=O)c1cnn2cc3c(nc12)N(Cc1cc(F)c[nH]c1=O)[C@H](C)CO3.CCOC(=O)c1cnn2cc3c(nc12)N(Cc1cc(F)cnc1OCC1(NC(=O)OC(C)(C)C)CC1)[C@H](C)CO3.C[C@@H]1COc2cn3ncc4c3nc2N1Cc1cc(F)cnc1OCC1(CC1)NC4=O.O=CO[O-].O=S1(=O)CC2(CC2)CO1.O=S1CC2(CC2)CO1.[2H]CF.[Cs+].[Cs+].[H-]. The van der Waals surface area contributed by atoms with Crippen LogP contribution in [-0.2, 0) is 77.8 Å². The Morgan fingerprint density at radius 1 is 0.669 bits per heavy atom. The molecule has 136 heavy (non-hydrogen) atoms. The van der Waals surface area contributed by atoms with Crippen LogP contribution in [0.25, 0.3) is 16.9 Å². The second-order valence-electron chi connectivity index (χ2n) is 36.1. The number of esters is 2. The minimum atomic E-state index is -3.09. The molecule has 42 nitrogen and oxygen atoms in total. The molecular formula is C86H108Cs2F4N18O24S2. The van der Waals surface area contributed by atoms with E-state index in [-0.39, 0.29) is 261 Å². The molecule has 1 unspecified atom stereocenters. The van der Waals surface area contributed by atoms with Gasteiger partial charge in [-0.05, 0) is 159 Å². The van der Waals surface area contributed by atoms with Crippen LogP contribution in [0.3, 0.4) is 0 Å². The number of ether oxygens (including phenoxy) is 9. The Balaban J connectivity index is 0.000000179. The van der Waals surface area contributed by atoms with Crippen LogP contribution in [0.15, 0.2) is 78.8 Å². The van der Waals surface area contributed by atoms with Gasteiger partial charge >= 0.3 is 162 Å². The van der Waals surface area contributed by atoms with Crippen LogP contribution < -0.4 is 203 Å². The molecule has 6 aliphatic heterocycles. The second kappa shape index (κ2) is 45.5. The number of pyridine rings is 3. The van der Waals surface area contributed by atoms with E-state index < -0.39 is 92.2 Å². The number of halogens is 4. The van der Waals surface area contributed by atoms with Crippen LogP contribution in [0, 0.1) is 28.3 Å². The van der Waals surface area contributed by atoms with E-state index in [1.165, 1.54) is 58.7 Å². The van der Waals surface area contributed by atoms with E-state index in [2.05, 4.69) is 60.3 Å². The van der Waals surface area contributed by atoms with Crippen molar-refractivity contribution >= 4 is 92.1 Å². The third-order valence-electron chi connectivity index (χ3n) is 22.8. The number of nitrogens with zero attached hydrogens (tertiary/aromatic N) is 14. The number of carbonyl (C=O) groups is 6. The van der Waals surface area contributed by atoms with E-state index in [9.17, 15) is 59.0 Å². The van der Waals surface area contributed by atoms with Crippen molar-refractivity contribution in [1.82, 2.24) is 74.7 Å². The number of alkyl carbamates (subject to hydrolysis) is 2. The number of aliphatic hydroxyl groups excluding tert-OH is 1. The molecule has 0 radical (unpaired) electrons. The fraction of sp³-hybridized carbons (Fsp3) is 0.547. The van der Waals surface area contributed by atoms with Crippen molar-refractivity contribution in [3.8, 4) is 29.0 Å². The van der Waals surface area contributed by atoms with Crippen molar-refractivity contribution in [3.63, 3.8) is 0 Å².